The van der Waals surface area contributed by atoms with Gasteiger partial charge in [0.1, 0.15) is 0 Å². The molecule has 1 fully saturated rings. The van der Waals surface area contributed by atoms with Crippen molar-refractivity contribution in [3.63, 3.8) is 0 Å². The van der Waals surface area contributed by atoms with Gasteiger partial charge in [-0.15, -0.1) is 12.4 Å². The van der Waals surface area contributed by atoms with E-state index in [4.69, 9.17) is 5.73 Å². The zero-order chi connectivity index (χ0) is 20.8. The lowest BCUT2D eigenvalue weighted by molar-refractivity contribution is -0.135. The Morgan fingerprint density at radius 1 is 1.27 bits per heavy atom. The molecule has 3 N–H and O–H groups in total. The van der Waals surface area contributed by atoms with Crippen LogP contribution in [0.15, 0.2) is 29.3 Å². The number of aromatic nitrogens is 2. The summed E-state index contributed by atoms with van der Waals surface area (Å²) in [5.74, 6) is -0.0893. The molecular formula is C21H30ClN5O3. The molecule has 3 rings (SSSR count). The minimum Gasteiger partial charge on any atom is -0.354 e. The number of rotatable bonds is 7. The second-order valence-corrected chi connectivity index (χ2v) is 7.54. The average Bonchev–Trinajstić information content (AvgIpc) is 2.72. The number of nitrogens with two attached hydrogens (primary N) is 1. The lowest BCUT2D eigenvalue weighted by atomic mass is 10.0. The third-order valence-electron chi connectivity index (χ3n) is 5.48. The number of carbonyl (C=O) groups excluding carboxylic acids is 2. The number of hydrogen-bond donors (Lipinski definition) is 2. The minimum atomic E-state index is -0.129. The van der Waals surface area contributed by atoms with Gasteiger partial charge in [0.15, 0.2) is 0 Å². The Kier molecular flexibility index (Phi) is 8.80. The van der Waals surface area contributed by atoms with E-state index in [0.717, 1.165) is 24.8 Å². The summed E-state index contributed by atoms with van der Waals surface area (Å²) < 4.78 is 1.50. The van der Waals surface area contributed by atoms with Gasteiger partial charge in [-0.3, -0.25) is 19.0 Å². The number of amides is 2. The fourth-order valence-corrected chi connectivity index (χ4v) is 3.85. The summed E-state index contributed by atoms with van der Waals surface area (Å²) in [4.78, 5) is 43.5. The second kappa shape index (κ2) is 11.1. The molecule has 1 atom stereocenters. The molecule has 8 nitrogen and oxygen atoms in total. The molecule has 1 unspecified atom stereocenters. The molecule has 0 bridgehead atoms. The van der Waals surface area contributed by atoms with E-state index in [2.05, 4.69) is 10.3 Å². The SMILES string of the molecule is Cc1cccc2c(=O)n(CCC(=O)N3CCCCC3CNC(=O)CCN)cnc12.Cl. The highest BCUT2D eigenvalue weighted by molar-refractivity contribution is 5.85. The van der Waals surface area contributed by atoms with E-state index in [0.29, 0.717) is 30.5 Å². The number of likely N-dealkylation sites (tertiary alicyclic amines) is 1. The Morgan fingerprint density at radius 3 is 2.83 bits per heavy atom. The van der Waals surface area contributed by atoms with Crippen LogP contribution in [0.25, 0.3) is 10.9 Å². The Morgan fingerprint density at radius 2 is 2.07 bits per heavy atom. The number of halogens is 1. The first-order valence-electron chi connectivity index (χ1n) is 10.2. The van der Waals surface area contributed by atoms with E-state index in [1.165, 1.54) is 10.9 Å². The highest BCUT2D eigenvalue weighted by atomic mass is 35.5. The van der Waals surface area contributed by atoms with E-state index in [1.807, 2.05) is 24.0 Å². The van der Waals surface area contributed by atoms with Gasteiger partial charge >= 0.3 is 0 Å². The van der Waals surface area contributed by atoms with E-state index >= 15 is 0 Å². The summed E-state index contributed by atoms with van der Waals surface area (Å²) in [6.07, 6.45) is 4.89. The van der Waals surface area contributed by atoms with Crippen LogP contribution in [0.2, 0.25) is 0 Å². The predicted octanol–water partition coefficient (Wildman–Crippen LogP) is 1.36. The van der Waals surface area contributed by atoms with Crippen molar-refractivity contribution in [3.8, 4) is 0 Å². The molecule has 30 heavy (non-hydrogen) atoms. The number of para-hydroxylation sites is 1. The van der Waals surface area contributed by atoms with Gasteiger partial charge in [-0.2, -0.15) is 0 Å². The molecule has 1 aromatic carbocycles. The molecule has 1 aromatic heterocycles. The fraction of sp³-hybridized carbons (Fsp3) is 0.524. The lowest BCUT2D eigenvalue weighted by Gasteiger charge is -2.36. The smallest absolute Gasteiger partial charge is 0.261 e. The number of nitrogens with zero attached hydrogens (tertiary/aromatic N) is 3. The van der Waals surface area contributed by atoms with Crippen LogP contribution in [0.5, 0.6) is 0 Å². The highest BCUT2D eigenvalue weighted by Crippen LogP contribution is 2.18. The zero-order valence-corrected chi connectivity index (χ0v) is 18.1. The number of carbonyl (C=O) groups is 2. The summed E-state index contributed by atoms with van der Waals surface area (Å²) in [5, 5.41) is 3.44. The van der Waals surface area contributed by atoms with Crippen molar-refractivity contribution in [3.05, 3.63) is 40.4 Å². The molecule has 1 aliphatic rings. The van der Waals surface area contributed by atoms with E-state index in [9.17, 15) is 14.4 Å². The van der Waals surface area contributed by atoms with Crippen molar-refractivity contribution in [2.75, 3.05) is 19.6 Å². The maximum atomic E-state index is 12.8. The van der Waals surface area contributed by atoms with Gasteiger partial charge in [0, 0.05) is 45.1 Å². The van der Waals surface area contributed by atoms with E-state index in [1.54, 1.807) is 6.07 Å². The molecule has 0 aliphatic carbocycles. The standard InChI is InChI=1S/C21H29N5O3.ClH/c1-15-5-4-7-17-20(15)24-14-25(21(17)29)12-9-19(28)26-11-3-2-6-16(26)13-23-18(27)8-10-22;/h4-5,7,14,16H,2-3,6,8-13,22H2,1H3,(H,23,27);1H. The third-order valence-corrected chi connectivity index (χ3v) is 5.48. The van der Waals surface area contributed by atoms with Crippen LogP contribution in [0, 0.1) is 6.92 Å². The largest absolute Gasteiger partial charge is 0.354 e. The molecule has 0 saturated carbocycles. The highest BCUT2D eigenvalue weighted by Gasteiger charge is 2.26. The minimum absolute atomic E-state index is 0. The normalized spacial score (nSPS) is 16.2. The molecule has 0 radical (unpaired) electrons. The van der Waals surface area contributed by atoms with Gasteiger partial charge in [-0.25, -0.2) is 4.98 Å². The van der Waals surface area contributed by atoms with Crippen LogP contribution in [0.1, 0.15) is 37.7 Å². The van der Waals surface area contributed by atoms with Gasteiger partial charge in [-0.1, -0.05) is 12.1 Å². The van der Waals surface area contributed by atoms with Crippen molar-refractivity contribution in [2.45, 2.75) is 51.6 Å². The Bertz CT molecular complexity index is 946. The number of benzene rings is 1. The molecule has 164 valence electrons. The summed E-state index contributed by atoms with van der Waals surface area (Å²) in [5.41, 5.74) is 6.93. The number of hydrogen-bond acceptors (Lipinski definition) is 5. The third kappa shape index (κ3) is 5.58. The summed E-state index contributed by atoms with van der Waals surface area (Å²) >= 11 is 0. The van der Waals surface area contributed by atoms with Gasteiger partial charge in [0.05, 0.1) is 17.2 Å². The monoisotopic (exact) mass is 435 g/mol. The zero-order valence-electron chi connectivity index (χ0n) is 17.3. The number of piperidine rings is 1. The Labute approximate surface area is 182 Å². The molecular weight excluding hydrogens is 406 g/mol. The Balaban J connectivity index is 0.00000320. The van der Waals surface area contributed by atoms with Crippen LogP contribution in [0.4, 0.5) is 0 Å². The van der Waals surface area contributed by atoms with Crippen LogP contribution >= 0.6 is 12.4 Å². The molecule has 2 aromatic rings. The van der Waals surface area contributed by atoms with Gasteiger partial charge in [0.25, 0.3) is 5.56 Å². The van der Waals surface area contributed by atoms with Crippen molar-refractivity contribution < 1.29 is 9.59 Å². The van der Waals surface area contributed by atoms with Crippen LogP contribution in [-0.2, 0) is 16.1 Å². The fourth-order valence-electron chi connectivity index (χ4n) is 3.85. The molecule has 2 amide bonds. The first kappa shape index (κ1) is 23.8. The molecule has 1 saturated heterocycles. The van der Waals surface area contributed by atoms with Gasteiger partial charge in [-0.05, 0) is 37.8 Å². The van der Waals surface area contributed by atoms with Crippen molar-refractivity contribution >= 4 is 35.1 Å². The first-order valence-corrected chi connectivity index (χ1v) is 10.2. The first-order chi connectivity index (χ1) is 14.0. The van der Waals surface area contributed by atoms with Gasteiger partial charge in [0.2, 0.25) is 11.8 Å². The van der Waals surface area contributed by atoms with Crippen LogP contribution < -0.4 is 16.6 Å². The van der Waals surface area contributed by atoms with Crippen LogP contribution in [0.3, 0.4) is 0 Å². The maximum Gasteiger partial charge on any atom is 0.261 e. The predicted molar refractivity (Wildman–Crippen MR) is 119 cm³/mol. The van der Waals surface area contributed by atoms with Gasteiger partial charge < -0.3 is 16.0 Å². The molecule has 0 spiro atoms. The van der Waals surface area contributed by atoms with Crippen LogP contribution in [-0.4, -0.2) is 51.9 Å². The second-order valence-electron chi connectivity index (χ2n) is 7.54. The summed E-state index contributed by atoms with van der Waals surface area (Å²) in [7, 11) is 0. The Hall–Kier alpha value is -2.45. The quantitative estimate of drug-likeness (QED) is 0.682. The van der Waals surface area contributed by atoms with Crippen molar-refractivity contribution in [1.29, 1.82) is 0 Å². The topological polar surface area (TPSA) is 110 Å². The maximum absolute atomic E-state index is 12.8. The number of nitrogens with one attached hydrogen (secondary N) is 1. The van der Waals surface area contributed by atoms with Crippen molar-refractivity contribution in [1.82, 2.24) is 19.8 Å². The molecule has 1 aliphatic heterocycles. The molecule has 9 heteroatoms. The average molecular weight is 436 g/mol. The number of aryl methyl sites for hydroxylation is 2. The lowest BCUT2D eigenvalue weighted by Crippen LogP contribution is -2.49. The van der Waals surface area contributed by atoms with E-state index in [-0.39, 0.29) is 55.2 Å². The molecule has 2 heterocycles. The number of fused-ring (bicyclic) bond motifs is 1. The van der Waals surface area contributed by atoms with E-state index < -0.39 is 0 Å². The summed E-state index contributed by atoms with van der Waals surface area (Å²) in [6.45, 7) is 3.65. The van der Waals surface area contributed by atoms with Crippen molar-refractivity contribution in [2.24, 2.45) is 5.73 Å². The summed E-state index contributed by atoms with van der Waals surface area (Å²) in [6, 6.07) is 5.52.